The Hall–Kier alpha value is -2.06. The van der Waals surface area contributed by atoms with Crippen LogP contribution in [0.1, 0.15) is 33.6 Å². The number of hydrogen-bond donors (Lipinski definition) is 1. The summed E-state index contributed by atoms with van der Waals surface area (Å²) in [5.74, 6) is 0.0363. The number of nitriles is 1. The smallest absolute Gasteiger partial charge is 0.245 e. The van der Waals surface area contributed by atoms with E-state index >= 15 is 0 Å². The summed E-state index contributed by atoms with van der Waals surface area (Å²) in [6, 6.07) is 9.04. The zero-order valence-corrected chi connectivity index (χ0v) is 13.9. The van der Waals surface area contributed by atoms with Crippen molar-refractivity contribution in [3.63, 3.8) is 0 Å². The average Bonchev–Trinajstić information content (AvgIpc) is 2.99. The topological polar surface area (TPSA) is 67.6 Å². The fourth-order valence-electron chi connectivity index (χ4n) is 3.69. The number of benzene rings is 1. The Morgan fingerprint density at radius 1 is 1.35 bits per heavy atom. The fourth-order valence-corrected chi connectivity index (χ4v) is 3.69. The summed E-state index contributed by atoms with van der Waals surface area (Å²) in [5.41, 5.74) is 0.599. The van der Waals surface area contributed by atoms with E-state index in [4.69, 9.17) is 0 Å². The van der Waals surface area contributed by atoms with E-state index in [0.29, 0.717) is 18.7 Å². The number of carbonyl (C=O) groups is 1. The van der Waals surface area contributed by atoms with E-state index < -0.39 is 0 Å². The van der Waals surface area contributed by atoms with Crippen LogP contribution in [0.2, 0.25) is 0 Å². The fraction of sp³-hybridized carbons (Fsp3) is 0.556. The minimum Gasteiger partial charge on any atom is -0.506 e. The monoisotopic (exact) mass is 313 g/mol. The molecule has 1 N–H and O–H groups in total. The van der Waals surface area contributed by atoms with Crippen molar-refractivity contribution in [3.05, 3.63) is 24.3 Å². The van der Waals surface area contributed by atoms with Crippen molar-refractivity contribution < 1.29 is 9.90 Å². The number of anilines is 1. The summed E-state index contributed by atoms with van der Waals surface area (Å²) in [6.45, 7) is 7.06. The molecular formula is C18H23N3O2. The van der Waals surface area contributed by atoms with Gasteiger partial charge in [0, 0.05) is 6.54 Å². The van der Waals surface area contributed by atoms with Gasteiger partial charge in [0.1, 0.15) is 5.75 Å². The molecule has 122 valence electrons. The van der Waals surface area contributed by atoms with E-state index in [1.807, 2.05) is 6.07 Å². The molecule has 1 aromatic rings. The Labute approximate surface area is 137 Å². The molecular weight excluding hydrogens is 290 g/mol. The highest BCUT2D eigenvalue weighted by Crippen LogP contribution is 2.42. The number of fused-ring (bicyclic) bond motifs is 1. The van der Waals surface area contributed by atoms with E-state index in [-0.39, 0.29) is 35.2 Å². The van der Waals surface area contributed by atoms with Crippen LogP contribution in [0.5, 0.6) is 5.75 Å². The maximum atomic E-state index is 13.0. The SMILES string of the molecule is CC(C)(C)CC1N(c2ccccc2O)C(=O)C2CC(C#N)CN21. The van der Waals surface area contributed by atoms with Crippen molar-refractivity contribution in [2.75, 3.05) is 11.4 Å². The average molecular weight is 313 g/mol. The number of carbonyl (C=O) groups excluding carboxylic acids is 1. The summed E-state index contributed by atoms with van der Waals surface area (Å²) in [4.78, 5) is 16.8. The third-order valence-electron chi connectivity index (χ3n) is 4.66. The van der Waals surface area contributed by atoms with Crippen LogP contribution in [-0.2, 0) is 4.79 Å². The molecule has 0 aromatic heterocycles. The van der Waals surface area contributed by atoms with Gasteiger partial charge in [0.2, 0.25) is 5.91 Å². The molecule has 1 amide bonds. The minimum atomic E-state index is -0.244. The van der Waals surface area contributed by atoms with Gasteiger partial charge in [-0.15, -0.1) is 0 Å². The Kier molecular flexibility index (Phi) is 3.81. The predicted molar refractivity (Wildman–Crippen MR) is 87.7 cm³/mol. The van der Waals surface area contributed by atoms with Crippen molar-refractivity contribution in [2.24, 2.45) is 11.3 Å². The van der Waals surface area contributed by atoms with Gasteiger partial charge in [-0.25, -0.2) is 0 Å². The molecule has 2 aliphatic heterocycles. The highest BCUT2D eigenvalue weighted by atomic mass is 16.3. The molecule has 3 atom stereocenters. The second-order valence-electron chi connectivity index (χ2n) is 7.72. The number of hydrogen-bond acceptors (Lipinski definition) is 4. The molecule has 5 nitrogen and oxygen atoms in total. The Bertz CT molecular complexity index is 659. The molecule has 0 saturated carbocycles. The molecule has 1 aromatic carbocycles. The number of aromatic hydroxyl groups is 1. The largest absolute Gasteiger partial charge is 0.506 e. The van der Waals surface area contributed by atoms with E-state index in [0.717, 1.165) is 6.42 Å². The molecule has 2 heterocycles. The number of rotatable bonds is 2. The van der Waals surface area contributed by atoms with Crippen molar-refractivity contribution in [1.82, 2.24) is 4.90 Å². The highest BCUT2D eigenvalue weighted by molar-refractivity contribution is 6.01. The van der Waals surface area contributed by atoms with Crippen molar-refractivity contribution in [2.45, 2.75) is 45.8 Å². The highest BCUT2D eigenvalue weighted by Gasteiger charge is 2.52. The van der Waals surface area contributed by atoms with Crippen molar-refractivity contribution in [1.29, 1.82) is 5.26 Å². The zero-order chi connectivity index (χ0) is 16.8. The van der Waals surface area contributed by atoms with Crippen LogP contribution in [0.25, 0.3) is 0 Å². The number of amides is 1. The molecule has 3 unspecified atom stereocenters. The molecule has 0 aliphatic carbocycles. The van der Waals surface area contributed by atoms with Gasteiger partial charge in [-0.1, -0.05) is 32.9 Å². The van der Waals surface area contributed by atoms with Crippen LogP contribution in [-0.4, -0.2) is 34.7 Å². The lowest BCUT2D eigenvalue weighted by Gasteiger charge is -2.34. The number of phenolic OH excluding ortho intramolecular Hbond substituents is 1. The van der Waals surface area contributed by atoms with E-state index in [9.17, 15) is 15.2 Å². The summed E-state index contributed by atoms with van der Waals surface area (Å²) < 4.78 is 0. The third kappa shape index (κ3) is 2.79. The standard InChI is InChI=1S/C18H23N3O2/c1-18(2,3)9-16-20-11-12(10-19)8-14(20)17(23)21(16)13-6-4-5-7-15(13)22/h4-7,12,14,16,22H,8-9,11H2,1-3H3. The Morgan fingerprint density at radius 2 is 2.04 bits per heavy atom. The Morgan fingerprint density at radius 3 is 2.65 bits per heavy atom. The third-order valence-corrected chi connectivity index (χ3v) is 4.66. The molecule has 5 heteroatoms. The van der Waals surface area contributed by atoms with E-state index in [2.05, 4.69) is 31.7 Å². The van der Waals surface area contributed by atoms with Gasteiger partial charge in [0.25, 0.3) is 0 Å². The first-order chi connectivity index (χ1) is 10.8. The normalized spacial score (nSPS) is 28.0. The minimum absolute atomic E-state index is 0.00139. The van der Waals surface area contributed by atoms with Crippen LogP contribution >= 0.6 is 0 Å². The second kappa shape index (κ2) is 5.54. The molecule has 3 rings (SSSR count). The first-order valence-corrected chi connectivity index (χ1v) is 8.08. The van der Waals surface area contributed by atoms with Gasteiger partial charge in [-0.05, 0) is 30.4 Å². The lowest BCUT2D eigenvalue weighted by Crippen LogP contribution is -2.43. The van der Waals surface area contributed by atoms with Gasteiger partial charge < -0.3 is 5.11 Å². The van der Waals surface area contributed by atoms with E-state index in [1.54, 1.807) is 23.1 Å². The summed E-state index contributed by atoms with van der Waals surface area (Å²) in [6.07, 6.45) is 1.26. The van der Waals surface area contributed by atoms with Gasteiger partial charge in [0.15, 0.2) is 0 Å². The number of para-hydroxylation sites is 2. The van der Waals surface area contributed by atoms with Crippen LogP contribution in [0.3, 0.4) is 0 Å². The zero-order valence-electron chi connectivity index (χ0n) is 13.9. The maximum Gasteiger partial charge on any atom is 0.245 e. The van der Waals surface area contributed by atoms with Gasteiger partial charge in [0.05, 0.1) is 29.9 Å². The molecule has 2 aliphatic rings. The van der Waals surface area contributed by atoms with Crippen molar-refractivity contribution >= 4 is 11.6 Å². The summed E-state index contributed by atoms with van der Waals surface area (Å²) >= 11 is 0. The van der Waals surface area contributed by atoms with Gasteiger partial charge in [-0.2, -0.15) is 5.26 Å². The molecule has 2 saturated heterocycles. The van der Waals surface area contributed by atoms with Crippen LogP contribution in [0.15, 0.2) is 24.3 Å². The predicted octanol–water partition coefficient (Wildman–Crippen LogP) is 2.72. The lowest BCUT2D eigenvalue weighted by atomic mass is 9.90. The van der Waals surface area contributed by atoms with Gasteiger partial charge in [-0.3, -0.25) is 14.6 Å². The lowest BCUT2D eigenvalue weighted by molar-refractivity contribution is -0.119. The first-order valence-electron chi connectivity index (χ1n) is 8.08. The summed E-state index contributed by atoms with van der Waals surface area (Å²) in [5, 5.41) is 19.4. The second-order valence-corrected chi connectivity index (χ2v) is 7.72. The number of nitrogens with zero attached hydrogens (tertiary/aromatic N) is 3. The molecule has 2 fully saturated rings. The molecule has 0 bridgehead atoms. The molecule has 0 radical (unpaired) electrons. The summed E-state index contributed by atoms with van der Waals surface area (Å²) in [7, 11) is 0. The number of phenols is 1. The van der Waals surface area contributed by atoms with Crippen LogP contribution in [0.4, 0.5) is 5.69 Å². The first kappa shape index (κ1) is 15.8. The van der Waals surface area contributed by atoms with E-state index in [1.165, 1.54) is 0 Å². The maximum absolute atomic E-state index is 13.0. The van der Waals surface area contributed by atoms with Crippen LogP contribution < -0.4 is 4.90 Å². The Balaban J connectivity index is 2.00. The molecule has 0 spiro atoms. The molecule has 23 heavy (non-hydrogen) atoms. The van der Waals surface area contributed by atoms with Crippen LogP contribution in [0, 0.1) is 22.7 Å². The van der Waals surface area contributed by atoms with Gasteiger partial charge >= 0.3 is 0 Å². The quantitative estimate of drug-likeness (QED) is 0.911. The van der Waals surface area contributed by atoms with Crippen molar-refractivity contribution in [3.8, 4) is 11.8 Å².